The van der Waals surface area contributed by atoms with Crippen molar-refractivity contribution in [1.82, 2.24) is 9.88 Å². The van der Waals surface area contributed by atoms with Crippen LogP contribution in [-0.4, -0.2) is 46.1 Å². The number of carbonyl (C=O) groups excluding carboxylic acids is 2. The summed E-state index contributed by atoms with van der Waals surface area (Å²) in [7, 11) is -8.00. The molecule has 2 amide bonds. The molecule has 1 aliphatic heterocycles. The monoisotopic (exact) mass is 442 g/mol. The summed E-state index contributed by atoms with van der Waals surface area (Å²) in [6, 6.07) is 5.31. The van der Waals surface area contributed by atoms with E-state index in [4.69, 9.17) is 4.52 Å². The minimum absolute atomic E-state index is 0.0685. The standard InChI is InChI=1S/C16H18N4O7S2/c1-10-3-4-12(20-16(22)5-6-28(20,23)24)8-13(10)29(25,26)17-9-15(21)18-14-7-11(2)27-19-14/h3-4,7-8,17H,5-6,9H2,1-2H3,(H,18,19,21). The average molecular weight is 442 g/mol. The second kappa shape index (κ2) is 7.57. The maximum atomic E-state index is 12.6. The number of aromatic nitrogens is 1. The molecule has 13 heteroatoms. The van der Waals surface area contributed by atoms with E-state index in [1.807, 2.05) is 0 Å². The van der Waals surface area contributed by atoms with Gasteiger partial charge in [0.1, 0.15) is 5.76 Å². The third kappa shape index (κ3) is 4.46. The fraction of sp³-hybridized carbons (Fsp3) is 0.312. The number of anilines is 2. The van der Waals surface area contributed by atoms with Gasteiger partial charge in [-0.05, 0) is 31.5 Å². The highest BCUT2D eigenvalue weighted by molar-refractivity contribution is 7.94. The van der Waals surface area contributed by atoms with Crippen LogP contribution in [0.25, 0.3) is 0 Å². The van der Waals surface area contributed by atoms with Crippen molar-refractivity contribution >= 4 is 43.4 Å². The molecule has 1 saturated heterocycles. The molecule has 1 fully saturated rings. The van der Waals surface area contributed by atoms with E-state index in [1.54, 1.807) is 6.92 Å². The average Bonchev–Trinajstić information content (AvgIpc) is 3.16. The van der Waals surface area contributed by atoms with E-state index in [9.17, 15) is 26.4 Å². The van der Waals surface area contributed by atoms with Gasteiger partial charge in [-0.3, -0.25) is 9.59 Å². The normalized spacial score (nSPS) is 16.2. The molecule has 2 N–H and O–H groups in total. The molecule has 0 spiro atoms. The third-order valence-electron chi connectivity index (χ3n) is 4.09. The number of aryl methyl sites for hydroxylation is 2. The summed E-state index contributed by atoms with van der Waals surface area (Å²) in [6.07, 6.45) is -0.168. The van der Waals surface area contributed by atoms with E-state index in [-0.39, 0.29) is 28.6 Å². The third-order valence-corrected chi connectivity index (χ3v) is 7.33. The van der Waals surface area contributed by atoms with Crippen molar-refractivity contribution in [2.45, 2.75) is 25.2 Å². The van der Waals surface area contributed by atoms with Crippen molar-refractivity contribution in [3.8, 4) is 0 Å². The van der Waals surface area contributed by atoms with Gasteiger partial charge in [-0.2, -0.15) is 0 Å². The van der Waals surface area contributed by atoms with Gasteiger partial charge in [0.05, 0.1) is 22.9 Å². The van der Waals surface area contributed by atoms with Crippen molar-refractivity contribution in [2.24, 2.45) is 0 Å². The molecule has 2 heterocycles. The first-order valence-electron chi connectivity index (χ1n) is 8.39. The van der Waals surface area contributed by atoms with Crippen molar-refractivity contribution in [1.29, 1.82) is 0 Å². The van der Waals surface area contributed by atoms with Gasteiger partial charge in [0.15, 0.2) is 5.82 Å². The lowest BCUT2D eigenvalue weighted by molar-refractivity contribution is -0.116. The molecule has 0 unspecified atom stereocenters. The summed E-state index contributed by atoms with van der Waals surface area (Å²) < 4.78 is 57.0. The Balaban J connectivity index is 1.79. The molecule has 1 aromatic heterocycles. The smallest absolute Gasteiger partial charge is 0.242 e. The first-order chi connectivity index (χ1) is 13.5. The van der Waals surface area contributed by atoms with Crippen molar-refractivity contribution in [3.05, 3.63) is 35.6 Å². The number of nitrogens with zero attached hydrogens (tertiary/aromatic N) is 2. The van der Waals surface area contributed by atoms with Gasteiger partial charge in [-0.1, -0.05) is 11.2 Å². The van der Waals surface area contributed by atoms with Crippen LogP contribution in [0.2, 0.25) is 0 Å². The van der Waals surface area contributed by atoms with Crippen LogP contribution in [0, 0.1) is 13.8 Å². The highest BCUT2D eigenvalue weighted by atomic mass is 32.2. The number of sulfonamides is 2. The summed E-state index contributed by atoms with van der Waals surface area (Å²) in [5.74, 6) is -1.02. The maximum absolute atomic E-state index is 12.6. The van der Waals surface area contributed by atoms with E-state index in [0.717, 1.165) is 6.07 Å². The minimum atomic E-state index is -4.17. The Hall–Kier alpha value is -2.77. The summed E-state index contributed by atoms with van der Waals surface area (Å²) in [6.45, 7) is 2.56. The molecular weight excluding hydrogens is 424 g/mol. The second-order valence-electron chi connectivity index (χ2n) is 6.37. The quantitative estimate of drug-likeness (QED) is 0.646. The van der Waals surface area contributed by atoms with Crippen molar-refractivity contribution in [3.63, 3.8) is 0 Å². The molecular formula is C16H18N4O7S2. The Kier molecular flexibility index (Phi) is 5.47. The fourth-order valence-corrected chi connectivity index (χ4v) is 5.42. The number of hydrogen-bond donors (Lipinski definition) is 2. The molecule has 29 heavy (non-hydrogen) atoms. The largest absolute Gasteiger partial charge is 0.360 e. The zero-order valence-electron chi connectivity index (χ0n) is 15.5. The lowest BCUT2D eigenvalue weighted by atomic mass is 10.2. The lowest BCUT2D eigenvalue weighted by Crippen LogP contribution is -2.34. The molecule has 11 nitrogen and oxygen atoms in total. The lowest BCUT2D eigenvalue weighted by Gasteiger charge is -2.17. The van der Waals surface area contributed by atoms with Crippen LogP contribution in [0.4, 0.5) is 11.5 Å². The summed E-state index contributed by atoms with van der Waals surface area (Å²) in [5.41, 5.74) is 0.249. The number of carbonyl (C=O) groups is 2. The molecule has 156 valence electrons. The molecule has 0 aliphatic carbocycles. The molecule has 0 saturated carbocycles. The minimum Gasteiger partial charge on any atom is -0.360 e. The zero-order chi connectivity index (χ0) is 21.4. The van der Waals surface area contributed by atoms with Gasteiger partial charge < -0.3 is 9.84 Å². The van der Waals surface area contributed by atoms with E-state index in [1.165, 1.54) is 25.1 Å². The van der Waals surface area contributed by atoms with Gasteiger partial charge in [-0.25, -0.2) is 25.9 Å². The summed E-state index contributed by atoms with van der Waals surface area (Å²) in [5, 5.41) is 5.94. The predicted molar refractivity (Wildman–Crippen MR) is 102 cm³/mol. The molecule has 1 aromatic carbocycles. The molecule has 3 rings (SSSR count). The van der Waals surface area contributed by atoms with Crippen LogP contribution in [0.3, 0.4) is 0 Å². The van der Waals surface area contributed by atoms with Crippen molar-refractivity contribution in [2.75, 3.05) is 21.9 Å². The van der Waals surface area contributed by atoms with E-state index >= 15 is 0 Å². The first-order valence-corrected chi connectivity index (χ1v) is 11.5. The zero-order valence-corrected chi connectivity index (χ0v) is 17.1. The van der Waals surface area contributed by atoms with Gasteiger partial charge in [-0.15, -0.1) is 0 Å². The molecule has 1 aliphatic rings. The number of amides is 2. The first kappa shape index (κ1) is 21.0. The summed E-state index contributed by atoms with van der Waals surface area (Å²) in [4.78, 5) is 23.6. The number of rotatable bonds is 6. The van der Waals surface area contributed by atoms with E-state index in [0.29, 0.717) is 15.6 Å². The highest BCUT2D eigenvalue weighted by Gasteiger charge is 2.37. The predicted octanol–water partition coefficient (Wildman–Crippen LogP) is 0.275. The molecule has 0 bridgehead atoms. The molecule has 0 atom stereocenters. The topological polar surface area (TPSA) is 156 Å². The Labute approximate surface area is 167 Å². The van der Waals surface area contributed by atoms with E-state index < -0.39 is 38.4 Å². The Bertz CT molecular complexity index is 1190. The fourth-order valence-electron chi connectivity index (χ4n) is 2.72. The van der Waals surface area contributed by atoms with E-state index in [2.05, 4.69) is 15.2 Å². The number of hydrogen-bond acceptors (Lipinski definition) is 8. The maximum Gasteiger partial charge on any atom is 0.242 e. The van der Waals surface area contributed by atoms with Gasteiger partial charge >= 0.3 is 0 Å². The van der Waals surface area contributed by atoms with Crippen LogP contribution in [0.5, 0.6) is 0 Å². The number of nitrogens with one attached hydrogen (secondary N) is 2. The molecule has 2 aromatic rings. The van der Waals surface area contributed by atoms with Crippen LogP contribution in [0.15, 0.2) is 33.7 Å². The van der Waals surface area contributed by atoms with Crippen LogP contribution >= 0.6 is 0 Å². The van der Waals surface area contributed by atoms with Gasteiger partial charge in [0, 0.05) is 12.5 Å². The van der Waals surface area contributed by atoms with Crippen LogP contribution < -0.4 is 14.3 Å². The van der Waals surface area contributed by atoms with Crippen LogP contribution in [-0.2, 0) is 29.6 Å². The van der Waals surface area contributed by atoms with Crippen LogP contribution in [0.1, 0.15) is 17.7 Å². The highest BCUT2D eigenvalue weighted by Crippen LogP contribution is 2.28. The van der Waals surface area contributed by atoms with Crippen molar-refractivity contribution < 1.29 is 30.9 Å². The summed E-state index contributed by atoms with van der Waals surface area (Å²) >= 11 is 0. The van der Waals surface area contributed by atoms with Gasteiger partial charge in [0.2, 0.25) is 31.9 Å². The number of benzene rings is 1. The Morgan fingerprint density at radius 1 is 1.28 bits per heavy atom. The molecule has 0 radical (unpaired) electrons. The van der Waals surface area contributed by atoms with Gasteiger partial charge in [0.25, 0.3) is 0 Å². The Morgan fingerprint density at radius 3 is 2.59 bits per heavy atom. The second-order valence-corrected chi connectivity index (χ2v) is 10.0. The SMILES string of the molecule is Cc1cc(NC(=O)CNS(=O)(=O)c2cc(N3C(=O)CCS3(=O)=O)ccc2C)no1. The Morgan fingerprint density at radius 2 is 2.00 bits per heavy atom.